The van der Waals surface area contributed by atoms with Gasteiger partial charge in [0.05, 0.1) is 11.6 Å². The fourth-order valence-electron chi connectivity index (χ4n) is 2.12. The molecule has 2 N–H and O–H groups in total. The third-order valence-electron chi connectivity index (χ3n) is 3.31. The lowest BCUT2D eigenvalue weighted by molar-refractivity contribution is -0.0463. The molecule has 20 heavy (non-hydrogen) atoms. The predicted octanol–water partition coefficient (Wildman–Crippen LogP) is 2.07. The standard InChI is InChI=1S/C14H19ClN2O2S/c1-2-17-5-6-18-11(8-17)9-19-13-4-3-10(14(16)20)7-12(13)15/h3-4,7,11H,2,5-6,8-9H2,1H3,(H2,16,20). The number of benzene rings is 1. The molecule has 1 aliphatic heterocycles. The molecule has 0 aliphatic carbocycles. The number of likely N-dealkylation sites (N-methyl/N-ethyl adjacent to an activating group) is 1. The molecule has 0 saturated carbocycles. The molecule has 110 valence electrons. The van der Waals surface area contributed by atoms with Crippen LogP contribution in [-0.2, 0) is 4.74 Å². The minimum Gasteiger partial charge on any atom is -0.489 e. The van der Waals surface area contributed by atoms with Crippen LogP contribution in [0.5, 0.6) is 5.75 Å². The molecule has 4 nitrogen and oxygen atoms in total. The van der Waals surface area contributed by atoms with Gasteiger partial charge in [-0.05, 0) is 24.7 Å². The first-order chi connectivity index (χ1) is 9.60. The zero-order valence-corrected chi connectivity index (χ0v) is 13.0. The van der Waals surface area contributed by atoms with E-state index in [1.54, 1.807) is 12.1 Å². The van der Waals surface area contributed by atoms with Crippen LogP contribution in [0.2, 0.25) is 5.02 Å². The number of hydrogen-bond acceptors (Lipinski definition) is 4. The molecular formula is C14H19ClN2O2S. The minimum atomic E-state index is 0.0787. The Hall–Kier alpha value is -0.880. The Morgan fingerprint density at radius 1 is 1.60 bits per heavy atom. The van der Waals surface area contributed by atoms with Crippen LogP contribution in [0.4, 0.5) is 0 Å². The molecule has 0 aromatic heterocycles. The van der Waals surface area contributed by atoms with Crippen LogP contribution in [0, 0.1) is 0 Å². The Morgan fingerprint density at radius 3 is 3.05 bits per heavy atom. The maximum absolute atomic E-state index is 6.16. The Balaban J connectivity index is 1.92. The maximum atomic E-state index is 6.16. The molecule has 6 heteroatoms. The molecule has 1 aromatic carbocycles. The lowest BCUT2D eigenvalue weighted by Crippen LogP contribution is -2.44. The first kappa shape index (κ1) is 15.5. The zero-order valence-electron chi connectivity index (χ0n) is 11.5. The van der Waals surface area contributed by atoms with E-state index >= 15 is 0 Å². The molecule has 1 aliphatic rings. The van der Waals surface area contributed by atoms with Crippen molar-refractivity contribution in [3.8, 4) is 5.75 Å². The van der Waals surface area contributed by atoms with Gasteiger partial charge in [0.2, 0.25) is 0 Å². The summed E-state index contributed by atoms with van der Waals surface area (Å²) < 4.78 is 11.4. The molecule has 1 saturated heterocycles. The first-order valence-electron chi connectivity index (χ1n) is 6.66. The van der Waals surface area contributed by atoms with Crippen LogP contribution in [0.3, 0.4) is 0 Å². The summed E-state index contributed by atoms with van der Waals surface area (Å²) >= 11 is 11.1. The van der Waals surface area contributed by atoms with E-state index in [-0.39, 0.29) is 6.10 Å². The number of ether oxygens (including phenoxy) is 2. The van der Waals surface area contributed by atoms with Crippen LogP contribution < -0.4 is 10.5 Å². The fraction of sp³-hybridized carbons (Fsp3) is 0.500. The molecule has 1 unspecified atom stereocenters. The number of halogens is 1. The van der Waals surface area contributed by atoms with Crippen LogP contribution in [0.15, 0.2) is 18.2 Å². The molecule has 1 atom stereocenters. The Kier molecular flexibility index (Phi) is 5.60. The van der Waals surface area contributed by atoms with E-state index in [0.29, 0.717) is 22.4 Å². The van der Waals surface area contributed by atoms with E-state index in [2.05, 4.69) is 11.8 Å². The quantitative estimate of drug-likeness (QED) is 0.843. The predicted molar refractivity (Wildman–Crippen MR) is 84.7 cm³/mol. The van der Waals surface area contributed by atoms with Gasteiger partial charge in [0.15, 0.2) is 0 Å². The number of nitrogens with two attached hydrogens (primary N) is 1. The molecule has 0 spiro atoms. The summed E-state index contributed by atoms with van der Waals surface area (Å²) in [4.78, 5) is 2.67. The van der Waals surface area contributed by atoms with E-state index in [1.807, 2.05) is 6.07 Å². The molecular weight excluding hydrogens is 296 g/mol. The van der Waals surface area contributed by atoms with Crippen molar-refractivity contribution in [3.63, 3.8) is 0 Å². The number of hydrogen-bond donors (Lipinski definition) is 1. The van der Waals surface area contributed by atoms with Crippen molar-refractivity contribution in [1.82, 2.24) is 4.90 Å². The van der Waals surface area contributed by atoms with Crippen molar-refractivity contribution in [2.75, 3.05) is 32.8 Å². The van der Waals surface area contributed by atoms with Crippen LogP contribution >= 0.6 is 23.8 Å². The summed E-state index contributed by atoms with van der Waals surface area (Å²) in [5.41, 5.74) is 6.30. The largest absolute Gasteiger partial charge is 0.489 e. The van der Waals surface area contributed by atoms with Gasteiger partial charge < -0.3 is 15.2 Å². The van der Waals surface area contributed by atoms with Gasteiger partial charge >= 0.3 is 0 Å². The summed E-state index contributed by atoms with van der Waals surface area (Å²) in [6.07, 6.45) is 0.0787. The van der Waals surface area contributed by atoms with Crippen molar-refractivity contribution >= 4 is 28.8 Å². The van der Waals surface area contributed by atoms with Crippen LogP contribution in [0.1, 0.15) is 12.5 Å². The topological polar surface area (TPSA) is 47.7 Å². The van der Waals surface area contributed by atoms with E-state index in [4.69, 9.17) is 39.0 Å². The molecule has 0 radical (unpaired) electrons. The van der Waals surface area contributed by atoms with Crippen LogP contribution in [-0.4, -0.2) is 48.8 Å². The maximum Gasteiger partial charge on any atom is 0.138 e. The van der Waals surface area contributed by atoms with Crippen LogP contribution in [0.25, 0.3) is 0 Å². The first-order valence-corrected chi connectivity index (χ1v) is 7.45. The van der Waals surface area contributed by atoms with Gasteiger partial charge in [-0.2, -0.15) is 0 Å². The zero-order chi connectivity index (χ0) is 14.5. The van der Waals surface area contributed by atoms with Crippen molar-refractivity contribution < 1.29 is 9.47 Å². The van der Waals surface area contributed by atoms with Gasteiger partial charge in [0.25, 0.3) is 0 Å². The van der Waals surface area contributed by atoms with Gasteiger partial charge in [0, 0.05) is 18.7 Å². The molecule has 0 amide bonds. The highest BCUT2D eigenvalue weighted by atomic mass is 35.5. The normalized spacial score (nSPS) is 19.8. The number of rotatable bonds is 5. The van der Waals surface area contributed by atoms with Gasteiger partial charge in [-0.1, -0.05) is 30.7 Å². The Bertz CT molecular complexity index is 484. The fourth-order valence-corrected chi connectivity index (χ4v) is 2.48. The smallest absolute Gasteiger partial charge is 0.138 e. The van der Waals surface area contributed by atoms with E-state index in [9.17, 15) is 0 Å². The van der Waals surface area contributed by atoms with Gasteiger partial charge in [-0.25, -0.2) is 0 Å². The molecule has 2 rings (SSSR count). The SMILES string of the molecule is CCN1CCOC(COc2ccc(C(N)=S)cc2Cl)C1. The third-order valence-corrected chi connectivity index (χ3v) is 3.84. The summed E-state index contributed by atoms with van der Waals surface area (Å²) in [7, 11) is 0. The third kappa shape index (κ3) is 4.06. The summed E-state index contributed by atoms with van der Waals surface area (Å²) in [6.45, 7) is 6.28. The van der Waals surface area contributed by atoms with E-state index < -0.39 is 0 Å². The average Bonchev–Trinajstić information content (AvgIpc) is 2.46. The van der Waals surface area contributed by atoms with E-state index in [0.717, 1.165) is 31.8 Å². The van der Waals surface area contributed by atoms with Gasteiger partial charge in [0.1, 0.15) is 23.4 Å². The monoisotopic (exact) mass is 314 g/mol. The summed E-state index contributed by atoms with van der Waals surface area (Å²) in [5.74, 6) is 0.629. The Labute approximate surface area is 129 Å². The second-order valence-electron chi connectivity index (χ2n) is 4.71. The minimum absolute atomic E-state index is 0.0787. The van der Waals surface area contributed by atoms with E-state index in [1.165, 1.54) is 0 Å². The lowest BCUT2D eigenvalue weighted by Gasteiger charge is -2.31. The Morgan fingerprint density at radius 2 is 2.40 bits per heavy atom. The highest BCUT2D eigenvalue weighted by Gasteiger charge is 2.20. The highest BCUT2D eigenvalue weighted by molar-refractivity contribution is 7.80. The second-order valence-corrected chi connectivity index (χ2v) is 5.55. The van der Waals surface area contributed by atoms with Crippen molar-refractivity contribution in [2.24, 2.45) is 5.73 Å². The van der Waals surface area contributed by atoms with Gasteiger partial charge in [-0.15, -0.1) is 0 Å². The van der Waals surface area contributed by atoms with Crippen molar-refractivity contribution in [3.05, 3.63) is 28.8 Å². The van der Waals surface area contributed by atoms with Crippen molar-refractivity contribution in [2.45, 2.75) is 13.0 Å². The van der Waals surface area contributed by atoms with Crippen molar-refractivity contribution in [1.29, 1.82) is 0 Å². The number of morpholine rings is 1. The summed E-state index contributed by atoms with van der Waals surface area (Å²) in [5, 5.41) is 0.512. The van der Waals surface area contributed by atoms with Gasteiger partial charge in [-0.3, -0.25) is 4.90 Å². The number of nitrogens with zero attached hydrogens (tertiary/aromatic N) is 1. The summed E-state index contributed by atoms with van der Waals surface area (Å²) in [6, 6.07) is 5.32. The average molecular weight is 315 g/mol. The molecule has 0 bridgehead atoms. The molecule has 1 aromatic rings. The highest BCUT2D eigenvalue weighted by Crippen LogP contribution is 2.26. The molecule has 1 fully saturated rings. The second kappa shape index (κ2) is 7.22. The lowest BCUT2D eigenvalue weighted by atomic mass is 10.2. The molecule has 1 heterocycles. The number of thiocarbonyl (C=S) groups is 1.